The molecule has 15 heavy (non-hydrogen) atoms. The number of rotatable bonds is 2. The molecule has 0 unspecified atom stereocenters. The maximum Gasteiger partial charge on any atom is 0.136 e. The molecule has 0 spiro atoms. The van der Waals surface area contributed by atoms with Crippen LogP contribution in [0.3, 0.4) is 0 Å². The summed E-state index contributed by atoms with van der Waals surface area (Å²) in [6, 6.07) is 2.09. The van der Waals surface area contributed by atoms with Crippen molar-refractivity contribution in [1.82, 2.24) is 4.98 Å². The molecule has 1 aliphatic rings. The number of aryl methyl sites for hydroxylation is 2. The lowest BCUT2D eigenvalue weighted by molar-refractivity contribution is 0.668. The maximum absolute atomic E-state index is 5.67. The van der Waals surface area contributed by atoms with Gasteiger partial charge in [0.1, 0.15) is 10.8 Å². The molecule has 1 aromatic heterocycles. The highest BCUT2D eigenvalue weighted by atomic mass is 32.1. The summed E-state index contributed by atoms with van der Waals surface area (Å²) in [6.07, 6.45) is 4.64. The highest BCUT2D eigenvalue weighted by Gasteiger charge is 2.15. The predicted octanol–water partition coefficient (Wildman–Crippen LogP) is 1.64. The summed E-state index contributed by atoms with van der Waals surface area (Å²) in [5, 5.41) is 3.05. The number of hydrogen-bond acceptors (Lipinski definition) is 3. The monoisotopic (exact) mass is 221 g/mol. The minimum Gasteiger partial charge on any atom is -0.389 e. The Hall–Kier alpha value is -1.16. The molecule has 0 aliphatic heterocycles. The van der Waals surface area contributed by atoms with Crippen molar-refractivity contribution in [2.24, 2.45) is 5.73 Å². The van der Waals surface area contributed by atoms with Gasteiger partial charge in [-0.15, -0.1) is 0 Å². The van der Waals surface area contributed by atoms with E-state index in [1.54, 1.807) is 0 Å². The second-order valence-electron chi connectivity index (χ2n) is 3.81. The van der Waals surface area contributed by atoms with E-state index in [-0.39, 0.29) is 0 Å². The molecule has 1 heterocycles. The zero-order valence-electron chi connectivity index (χ0n) is 8.84. The number of nitrogens with zero attached hydrogens (tertiary/aromatic N) is 1. The molecule has 0 saturated heterocycles. The van der Waals surface area contributed by atoms with Gasteiger partial charge in [-0.2, -0.15) is 0 Å². The van der Waals surface area contributed by atoms with E-state index in [1.165, 1.54) is 24.1 Å². The topological polar surface area (TPSA) is 50.9 Å². The van der Waals surface area contributed by atoms with Crippen LogP contribution in [-0.2, 0) is 12.8 Å². The number of thiocarbonyl (C=S) groups is 1. The third kappa shape index (κ3) is 1.95. The Kier molecular flexibility index (Phi) is 2.86. The molecule has 80 valence electrons. The first-order valence-electron chi connectivity index (χ1n) is 5.22. The van der Waals surface area contributed by atoms with Crippen molar-refractivity contribution < 1.29 is 0 Å². The first-order chi connectivity index (χ1) is 7.22. The number of aromatic nitrogens is 1. The van der Waals surface area contributed by atoms with Crippen LogP contribution in [0, 0.1) is 0 Å². The SMILES string of the molecule is CNc1nc2c(cc1C(N)=S)CCCC2. The van der Waals surface area contributed by atoms with Gasteiger partial charge in [-0.3, -0.25) is 0 Å². The zero-order valence-corrected chi connectivity index (χ0v) is 9.66. The number of nitrogens with one attached hydrogen (secondary N) is 1. The molecular weight excluding hydrogens is 206 g/mol. The molecule has 1 aliphatic carbocycles. The molecule has 0 fully saturated rings. The summed E-state index contributed by atoms with van der Waals surface area (Å²) in [5.41, 5.74) is 9.05. The minimum absolute atomic E-state index is 0.417. The fourth-order valence-corrected chi connectivity index (χ4v) is 2.17. The van der Waals surface area contributed by atoms with Gasteiger partial charge in [0.25, 0.3) is 0 Å². The van der Waals surface area contributed by atoms with Gasteiger partial charge in [0.2, 0.25) is 0 Å². The smallest absolute Gasteiger partial charge is 0.136 e. The summed E-state index contributed by atoms with van der Waals surface area (Å²) >= 11 is 5.02. The van der Waals surface area contributed by atoms with Crippen LogP contribution >= 0.6 is 12.2 Å². The van der Waals surface area contributed by atoms with Crippen LogP contribution in [-0.4, -0.2) is 17.0 Å². The molecule has 0 atom stereocenters. The van der Waals surface area contributed by atoms with Crippen molar-refractivity contribution in [2.75, 3.05) is 12.4 Å². The Labute approximate surface area is 95.1 Å². The lowest BCUT2D eigenvalue weighted by Gasteiger charge is -2.18. The first kappa shape index (κ1) is 10.4. The molecule has 3 N–H and O–H groups in total. The molecular formula is C11H15N3S. The average molecular weight is 221 g/mol. The van der Waals surface area contributed by atoms with Crippen molar-refractivity contribution in [3.63, 3.8) is 0 Å². The van der Waals surface area contributed by atoms with Crippen molar-refractivity contribution in [1.29, 1.82) is 0 Å². The maximum atomic E-state index is 5.67. The quantitative estimate of drug-likeness (QED) is 0.745. The minimum atomic E-state index is 0.417. The fraction of sp³-hybridized carbons (Fsp3) is 0.455. The number of nitrogens with two attached hydrogens (primary N) is 1. The summed E-state index contributed by atoms with van der Waals surface area (Å²) in [6.45, 7) is 0. The van der Waals surface area contributed by atoms with Crippen LogP contribution in [0.15, 0.2) is 6.07 Å². The number of hydrogen-bond donors (Lipinski definition) is 2. The van der Waals surface area contributed by atoms with E-state index in [4.69, 9.17) is 18.0 Å². The number of fused-ring (bicyclic) bond motifs is 1. The van der Waals surface area contributed by atoms with Gasteiger partial charge in [0, 0.05) is 12.7 Å². The van der Waals surface area contributed by atoms with Crippen LogP contribution < -0.4 is 11.1 Å². The summed E-state index contributed by atoms with van der Waals surface area (Å²) < 4.78 is 0. The number of pyridine rings is 1. The molecule has 0 saturated carbocycles. The molecule has 3 nitrogen and oxygen atoms in total. The van der Waals surface area contributed by atoms with Crippen LogP contribution in [0.4, 0.5) is 5.82 Å². The summed E-state index contributed by atoms with van der Waals surface area (Å²) in [7, 11) is 1.85. The van der Waals surface area contributed by atoms with E-state index in [1.807, 2.05) is 7.05 Å². The highest BCUT2D eigenvalue weighted by Crippen LogP contribution is 2.24. The zero-order chi connectivity index (χ0) is 10.8. The van der Waals surface area contributed by atoms with Crippen molar-refractivity contribution in [2.45, 2.75) is 25.7 Å². The van der Waals surface area contributed by atoms with Gasteiger partial charge in [-0.25, -0.2) is 4.98 Å². The van der Waals surface area contributed by atoms with Gasteiger partial charge in [0.15, 0.2) is 0 Å². The Morgan fingerprint density at radius 1 is 1.47 bits per heavy atom. The second kappa shape index (κ2) is 4.14. The average Bonchev–Trinajstić information content (AvgIpc) is 2.27. The van der Waals surface area contributed by atoms with Gasteiger partial charge in [-0.1, -0.05) is 12.2 Å². The van der Waals surface area contributed by atoms with E-state index >= 15 is 0 Å². The van der Waals surface area contributed by atoms with Gasteiger partial charge in [0.05, 0.1) is 5.56 Å². The van der Waals surface area contributed by atoms with E-state index in [9.17, 15) is 0 Å². The Bertz CT molecular complexity index is 401. The molecule has 4 heteroatoms. The number of anilines is 1. The molecule has 2 rings (SSSR count). The largest absolute Gasteiger partial charge is 0.389 e. The predicted molar refractivity (Wildman–Crippen MR) is 66.3 cm³/mol. The summed E-state index contributed by atoms with van der Waals surface area (Å²) in [4.78, 5) is 4.99. The molecule has 0 amide bonds. The normalized spacial score (nSPS) is 14.5. The van der Waals surface area contributed by atoms with E-state index in [0.29, 0.717) is 4.99 Å². The lowest BCUT2D eigenvalue weighted by Crippen LogP contribution is -2.16. The van der Waals surface area contributed by atoms with Crippen LogP contribution in [0.25, 0.3) is 0 Å². The molecule has 0 bridgehead atoms. The van der Waals surface area contributed by atoms with Crippen LogP contribution in [0.1, 0.15) is 29.7 Å². The third-order valence-corrected chi connectivity index (χ3v) is 3.02. The van der Waals surface area contributed by atoms with Crippen LogP contribution in [0.2, 0.25) is 0 Å². The van der Waals surface area contributed by atoms with E-state index in [2.05, 4.69) is 16.4 Å². The first-order valence-corrected chi connectivity index (χ1v) is 5.63. The Morgan fingerprint density at radius 3 is 2.87 bits per heavy atom. The standard InChI is InChI=1S/C11H15N3S/c1-13-11-8(10(12)15)6-7-4-2-3-5-9(7)14-11/h6H,2-5H2,1H3,(H2,12,15)(H,13,14). The van der Waals surface area contributed by atoms with Gasteiger partial charge < -0.3 is 11.1 Å². The summed E-state index contributed by atoms with van der Waals surface area (Å²) in [5.74, 6) is 0.808. The van der Waals surface area contributed by atoms with E-state index < -0.39 is 0 Å². The van der Waals surface area contributed by atoms with E-state index in [0.717, 1.165) is 24.2 Å². The second-order valence-corrected chi connectivity index (χ2v) is 4.25. The lowest BCUT2D eigenvalue weighted by atomic mass is 9.95. The van der Waals surface area contributed by atoms with Crippen molar-refractivity contribution >= 4 is 23.0 Å². The molecule has 0 radical (unpaired) electrons. The van der Waals surface area contributed by atoms with Gasteiger partial charge >= 0.3 is 0 Å². The highest BCUT2D eigenvalue weighted by molar-refractivity contribution is 7.80. The van der Waals surface area contributed by atoms with Gasteiger partial charge in [-0.05, 0) is 37.3 Å². The Morgan fingerprint density at radius 2 is 2.20 bits per heavy atom. The Balaban J connectivity index is 2.51. The molecule has 1 aromatic rings. The third-order valence-electron chi connectivity index (χ3n) is 2.80. The fourth-order valence-electron chi connectivity index (χ4n) is 2.01. The van der Waals surface area contributed by atoms with Crippen LogP contribution in [0.5, 0.6) is 0 Å². The van der Waals surface area contributed by atoms with Crippen molar-refractivity contribution in [3.8, 4) is 0 Å². The van der Waals surface area contributed by atoms with Crippen molar-refractivity contribution in [3.05, 3.63) is 22.9 Å². The molecule has 0 aromatic carbocycles.